The molecular weight excluding hydrogens is 443 g/mol. The average molecular weight is 466 g/mol. The lowest BCUT2D eigenvalue weighted by Crippen LogP contribution is -2.36. The van der Waals surface area contributed by atoms with Crippen LogP contribution in [0.2, 0.25) is 0 Å². The normalized spacial score (nSPS) is 15.4. The van der Waals surface area contributed by atoms with Gasteiger partial charge in [0, 0.05) is 18.2 Å². The minimum Gasteiger partial charge on any atom is -0.486 e. The number of nitro groups is 1. The van der Waals surface area contributed by atoms with E-state index in [9.17, 15) is 19.5 Å². The molecule has 0 aliphatic carbocycles. The third-order valence-electron chi connectivity index (χ3n) is 4.07. The van der Waals surface area contributed by atoms with E-state index in [-0.39, 0.29) is 23.3 Å². The zero-order chi connectivity index (χ0) is 23.3. The van der Waals surface area contributed by atoms with Crippen LogP contribution in [0.5, 0.6) is 23.0 Å². The molecule has 0 saturated carbocycles. The van der Waals surface area contributed by atoms with Gasteiger partial charge in [0.2, 0.25) is 0 Å². The minimum absolute atomic E-state index is 0.0356. The lowest BCUT2D eigenvalue weighted by atomic mass is 10.3. The van der Waals surface area contributed by atoms with Crippen molar-refractivity contribution in [3.05, 3.63) is 52.6 Å². The number of nitrogens with one attached hydrogen (secondary N) is 1. The summed E-state index contributed by atoms with van der Waals surface area (Å²) < 4.78 is 40.8. The Morgan fingerprint density at radius 2 is 1.62 bits per heavy atom. The van der Waals surface area contributed by atoms with Crippen molar-refractivity contribution in [2.45, 2.75) is 32.9 Å². The second kappa shape index (κ2) is 9.88. The fraction of sp³-hybridized carbons (Fsp3) is 0.350. The summed E-state index contributed by atoms with van der Waals surface area (Å²) in [6.45, 7) is 5.58. The number of carbonyl (C=O) groups excluding carboxylic acids is 1. The van der Waals surface area contributed by atoms with E-state index in [1.807, 2.05) is 0 Å². The molecule has 11 nitrogen and oxygen atoms in total. The molecule has 0 amide bonds. The van der Waals surface area contributed by atoms with Crippen molar-refractivity contribution in [2.24, 2.45) is 0 Å². The summed E-state index contributed by atoms with van der Waals surface area (Å²) in [7, 11) is -4.21. The standard InChI is InChI=1S/C20H23N2O9P/c1-13(2)29-20(23)14(3)21-32(26,30-16-6-4-15(5-7-16)22(24)25)31-17-8-9-18-19(12-17)28-11-10-27-18/h4-9,12-14H,10-11H2,1-3H3,(H,21,26)/t14-,32?/m0/s1. The fourth-order valence-electron chi connectivity index (χ4n) is 2.68. The molecule has 12 heteroatoms. The minimum atomic E-state index is -4.21. The van der Waals surface area contributed by atoms with E-state index in [4.69, 9.17) is 23.3 Å². The molecule has 0 bridgehead atoms. The Labute approximate surface area is 184 Å². The summed E-state index contributed by atoms with van der Waals surface area (Å²) in [5.74, 6) is 0.433. The van der Waals surface area contributed by atoms with E-state index in [2.05, 4.69) is 5.09 Å². The number of esters is 1. The largest absolute Gasteiger partial charge is 0.513 e. The van der Waals surface area contributed by atoms with Crippen LogP contribution >= 0.6 is 7.75 Å². The monoisotopic (exact) mass is 466 g/mol. The number of carbonyl (C=O) groups is 1. The van der Waals surface area contributed by atoms with Crippen molar-refractivity contribution in [3.8, 4) is 23.0 Å². The molecule has 0 fully saturated rings. The van der Waals surface area contributed by atoms with Crippen LogP contribution in [-0.4, -0.2) is 36.3 Å². The maximum absolute atomic E-state index is 13.6. The summed E-state index contributed by atoms with van der Waals surface area (Å²) in [6.07, 6.45) is -0.375. The fourth-order valence-corrected chi connectivity index (χ4v) is 4.20. The first-order valence-electron chi connectivity index (χ1n) is 9.77. The first-order chi connectivity index (χ1) is 15.1. The number of benzene rings is 2. The van der Waals surface area contributed by atoms with Gasteiger partial charge in [0.1, 0.15) is 30.8 Å². The lowest BCUT2D eigenvalue weighted by Gasteiger charge is -2.24. The topological polar surface area (TPSA) is 135 Å². The predicted octanol–water partition coefficient (Wildman–Crippen LogP) is 3.86. The van der Waals surface area contributed by atoms with Gasteiger partial charge in [0.05, 0.1) is 11.0 Å². The Morgan fingerprint density at radius 1 is 1.03 bits per heavy atom. The van der Waals surface area contributed by atoms with Crippen LogP contribution in [0.4, 0.5) is 5.69 Å². The number of ether oxygens (including phenoxy) is 3. The van der Waals surface area contributed by atoms with Crippen molar-refractivity contribution in [1.29, 1.82) is 0 Å². The zero-order valence-electron chi connectivity index (χ0n) is 17.7. The molecule has 2 aromatic carbocycles. The molecule has 0 aromatic heterocycles. The van der Waals surface area contributed by atoms with E-state index >= 15 is 0 Å². The number of nitro benzene ring substituents is 1. The van der Waals surface area contributed by atoms with E-state index in [1.165, 1.54) is 43.3 Å². The second-order valence-corrected chi connectivity index (χ2v) is 8.69. The first-order valence-corrected chi connectivity index (χ1v) is 11.3. The van der Waals surface area contributed by atoms with E-state index in [0.717, 1.165) is 0 Å². The Morgan fingerprint density at radius 3 is 2.25 bits per heavy atom. The number of hydrogen-bond donors (Lipinski definition) is 1. The van der Waals surface area contributed by atoms with Crippen molar-refractivity contribution < 1.29 is 37.5 Å². The SMILES string of the molecule is CC(C)OC(=O)[C@H](C)NP(=O)(Oc1ccc([N+](=O)[O-])cc1)Oc1ccc2c(c1)OCCO2. The Kier molecular flexibility index (Phi) is 7.22. The van der Waals surface area contributed by atoms with Gasteiger partial charge in [-0.2, -0.15) is 5.09 Å². The lowest BCUT2D eigenvalue weighted by molar-refractivity contribution is -0.384. The van der Waals surface area contributed by atoms with Crippen LogP contribution in [0.25, 0.3) is 0 Å². The quantitative estimate of drug-likeness (QED) is 0.251. The van der Waals surface area contributed by atoms with E-state index < -0.39 is 24.7 Å². The maximum Gasteiger partial charge on any atom is 0.513 e. The van der Waals surface area contributed by atoms with Crippen molar-refractivity contribution in [2.75, 3.05) is 13.2 Å². The summed E-state index contributed by atoms with van der Waals surface area (Å²) in [5.41, 5.74) is -0.165. The Bertz CT molecular complexity index is 1030. The molecule has 1 aliphatic heterocycles. The molecule has 3 rings (SSSR count). The third-order valence-corrected chi connectivity index (χ3v) is 5.68. The van der Waals surface area contributed by atoms with Crippen LogP contribution < -0.4 is 23.6 Å². The molecular formula is C20H23N2O9P. The van der Waals surface area contributed by atoms with Crippen LogP contribution in [0, 0.1) is 10.1 Å². The van der Waals surface area contributed by atoms with Gasteiger partial charge in [0.25, 0.3) is 5.69 Å². The zero-order valence-corrected chi connectivity index (χ0v) is 18.6. The van der Waals surface area contributed by atoms with Gasteiger partial charge in [-0.05, 0) is 45.0 Å². The van der Waals surface area contributed by atoms with Gasteiger partial charge in [-0.1, -0.05) is 0 Å². The molecule has 32 heavy (non-hydrogen) atoms. The van der Waals surface area contributed by atoms with E-state index in [0.29, 0.717) is 24.7 Å². The van der Waals surface area contributed by atoms with Crippen LogP contribution in [-0.2, 0) is 14.1 Å². The van der Waals surface area contributed by atoms with Gasteiger partial charge in [-0.3, -0.25) is 14.9 Å². The highest BCUT2D eigenvalue weighted by atomic mass is 31.2. The van der Waals surface area contributed by atoms with Crippen LogP contribution in [0.1, 0.15) is 20.8 Å². The number of non-ortho nitro benzene ring substituents is 1. The Hall–Kier alpha value is -3.30. The molecule has 1 aliphatic rings. The average Bonchev–Trinajstić information content (AvgIpc) is 2.73. The first kappa shape index (κ1) is 23.4. The Balaban J connectivity index is 1.84. The molecule has 1 N–H and O–H groups in total. The number of rotatable bonds is 9. The number of hydrogen-bond acceptors (Lipinski definition) is 9. The van der Waals surface area contributed by atoms with Gasteiger partial charge >= 0.3 is 13.7 Å². The molecule has 1 heterocycles. The number of fused-ring (bicyclic) bond motifs is 1. The highest BCUT2D eigenvalue weighted by Crippen LogP contribution is 2.47. The molecule has 0 radical (unpaired) electrons. The van der Waals surface area contributed by atoms with Crippen molar-refractivity contribution >= 4 is 19.4 Å². The summed E-state index contributed by atoms with van der Waals surface area (Å²) >= 11 is 0. The molecule has 172 valence electrons. The van der Waals surface area contributed by atoms with E-state index in [1.54, 1.807) is 19.9 Å². The van der Waals surface area contributed by atoms with Crippen LogP contribution in [0.15, 0.2) is 42.5 Å². The molecule has 0 saturated heterocycles. The summed E-state index contributed by atoms with van der Waals surface area (Å²) in [4.78, 5) is 22.5. The third kappa shape index (κ3) is 6.12. The molecule has 1 unspecified atom stereocenters. The van der Waals surface area contributed by atoms with Crippen molar-refractivity contribution in [1.82, 2.24) is 5.09 Å². The summed E-state index contributed by atoms with van der Waals surface area (Å²) in [5, 5.41) is 13.4. The van der Waals surface area contributed by atoms with Crippen molar-refractivity contribution in [3.63, 3.8) is 0 Å². The predicted molar refractivity (Wildman–Crippen MR) is 113 cm³/mol. The van der Waals surface area contributed by atoms with Gasteiger partial charge in [0.15, 0.2) is 11.5 Å². The highest BCUT2D eigenvalue weighted by Gasteiger charge is 2.34. The number of nitrogens with zero attached hydrogens (tertiary/aromatic N) is 1. The second-order valence-electron chi connectivity index (χ2n) is 7.07. The summed E-state index contributed by atoms with van der Waals surface area (Å²) in [6, 6.07) is 8.49. The molecule has 2 aromatic rings. The van der Waals surface area contributed by atoms with Crippen LogP contribution in [0.3, 0.4) is 0 Å². The smallest absolute Gasteiger partial charge is 0.486 e. The molecule has 2 atom stereocenters. The van der Waals surface area contributed by atoms with Gasteiger partial charge in [-0.15, -0.1) is 0 Å². The molecule has 0 spiro atoms. The maximum atomic E-state index is 13.6. The van der Waals surface area contributed by atoms with Gasteiger partial charge < -0.3 is 23.3 Å². The highest BCUT2D eigenvalue weighted by molar-refractivity contribution is 7.52. The van der Waals surface area contributed by atoms with Gasteiger partial charge in [-0.25, -0.2) is 4.57 Å².